The maximum absolute atomic E-state index is 13.4. The number of methoxy groups -OCH3 is 1. The van der Waals surface area contributed by atoms with E-state index in [2.05, 4.69) is 0 Å². The van der Waals surface area contributed by atoms with Gasteiger partial charge in [-0.25, -0.2) is 13.8 Å². The molecule has 0 fully saturated rings. The smallest absolute Gasteiger partial charge is 0.418 e. The van der Waals surface area contributed by atoms with Gasteiger partial charge in [0.25, 0.3) is 5.56 Å². The van der Waals surface area contributed by atoms with Crippen LogP contribution in [0.3, 0.4) is 0 Å². The fraction of sp³-hybridized carbons (Fsp3) is 0.125. The standard InChI is InChI=1S/C16H14FN3O3/c1-23-16(22)20-12(8-10-7-11(17)4-5-14(10)20)9-19-6-2-3-13(18)15(19)21/h2-8H,9,18H2,1H3. The molecule has 0 aliphatic rings. The Bertz CT molecular complexity index is 959. The van der Waals surface area contributed by atoms with Gasteiger partial charge in [0.15, 0.2) is 0 Å². The number of hydrogen-bond donors (Lipinski definition) is 1. The van der Waals surface area contributed by atoms with E-state index in [-0.39, 0.29) is 17.8 Å². The predicted molar refractivity (Wildman–Crippen MR) is 83.9 cm³/mol. The molecule has 0 saturated heterocycles. The Morgan fingerprint density at radius 1 is 1.30 bits per heavy atom. The van der Waals surface area contributed by atoms with Crippen LogP contribution in [0.15, 0.2) is 47.4 Å². The Hall–Kier alpha value is -3.09. The second kappa shape index (κ2) is 5.60. The number of hydrogen-bond acceptors (Lipinski definition) is 4. The molecule has 0 bridgehead atoms. The molecule has 2 aromatic heterocycles. The molecule has 23 heavy (non-hydrogen) atoms. The Morgan fingerprint density at radius 2 is 2.09 bits per heavy atom. The lowest BCUT2D eigenvalue weighted by Gasteiger charge is -2.10. The number of anilines is 1. The van der Waals surface area contributed by atoms with Crippen LogP contribution < -0.4 is 11.3 Å². The third kappa shape index (κ3) is 2.57. The van der Waals surface area contributed by atoms with Gasteiger partial charge in [-0.1, -0.05) is 0 Å². The molecule has 0 saturated carbocycles. The SMILES string of the molecule is COC(=O)n1c(Cn2cccc(N)c2=O)cc2cc(F)ccc21. The number of nitrogen functional groups attached to an aromatic ring is 1. The minimum Gasteiger partial charge on any atom is -0.452 e. The average molecular weight is 315 g/mol. The topological polar surface area (TPSA) is 79.2 Å². The van der Waals surface area contributed by atoms with Crippen molar-refractivity contribution in [2.45, 2.75) is 6.54 Å². The summed E-state index contributed by atoms with van der Waals surface area (Å²) < 4.78 is 20.9. The summed E-state index contributed by atoms with van der Waals surface area (Å²) in [6.45, 7) is 0.106. The number of carbonyl (C=O) groups is 1. The van der Waals surface area contributed by atoms with Crippen molar-refractivity contribution < 1.29 is 13.9 Å². The maximum Gasteiger partial charge on any atom is 0.418 e. The predicted octanol–water partition coefficient (Wildman–Crippen LogP) is 2.19. The number of nitrogens with zero attached hydrogens (tertiary/aromatic N) is 2. The van der Waals surface area contributed by atoms with E-state index in [0.717, 1.165) is 0 Å². The quantitative estimate of drug-likeness (QED) is 0.786. The van der Waals surface area contributed by atoms with Gasteiger partial charge in [0, 0.05) is 17.3 Å². The zero-order chi connectivity index (χ0) is 16.6. The van der Waals surface area contributed by atoms with E-state index in [4.69, 9.17) is 10.5 Å². The summed E-state index contributed by atoms with van der Waals surface area (Å²) in [6, 6.07) is 8.86. The van der Waals surface area contributed by atoms with E-state index in [1.54, 1.807) is 18.3 Å². The van der Waals surface area contributed by atoms with Crippen molar-refractivity contribution in [1.29, 1.82) is 0 Å². The molecular formula is C16H14FN3O3. The molecule has 7 heteroatoms. The number of rotatable bonds is 2. The van der Waals surface area contributed by atoms with Crippen molar-refractivity contribution in [3.8, 4) is 0 Å². The Balaban J connectivity index is 2.18. The average Bonchev–Trinajstić information content (AvgIpc) is 2.88. The summed E-state index contributed by atoms with van der Waals surface area (Å²) in [6.07, 6.45) is 0.956. The monoisotopic (exact) mass is 315 g/mol. The number of benzene rings is 1. The van der Waals surface area contributed by atoms with Crippen molar-refractivity contribution in [3.63, 3.8) is 0 Å². The van der Waals surface area contributed by atoms with Crippen molar-refractivity contribution in [1.82, 2.24) is 9.13 Å². The van der Waals surface area contributed by atoms with Crippen LogP contribution in [0, 0.1) is 5.82 Å². The van der Waals surface area contributed by atoms with Crippen LogP contribution in [-0.4, -0.2) is 22.3 Å². The van der Waals surface area contributed by atoms with Crippen LogP contribution in [0.4, 0.5) is 14.9 Å². The highest BCUT2D eigenvalue weighted by Crippen LogP contribution is 2.22. The molecule has 3 rings (SSSR count). The van der Waals surface area contributed by atoms with Crippen molar-refractivity contribution >= 4 is 22.7 Å². The fourth-order valence-electron chi connectivity index (χ4n) is 2.52. The third-order valence-corrected chi connectivity index (χ3v) is 3.58. The molecule has 3 aromatic rings. The number of aromatic nitrogens is 2. The van der Waals surface area contributed by atoms with Gasteiger partial charge in [-0.05, 0) is 36.4 Å². The van der Waals surface area contributed by atoms with Crippen LogP contribution >= 0.6 is 0 Å². The lowest BCUT2D eigenvalue weighted by atomic mass is 10.2. The first-order valence-corrected chi connectivity index (χ1v) is 6.84. The van der Waals surface area contributed by atoms with Crippen molar-refractivity contribution in [3.05, 3.63) is 64.5 Å². The van der Waals surface area contributed by atoms with E-state index in [9.17, 15) is 14.0 Å². The van der Waals surface area contributed by atoms with E-state index in [1.807, 2.05) is 0 Å². The van der Waals surface area contributed by atoms with Gasteiger partial charge in [0.2, 0.25) is 0 Å². The summed E-state index contributed by atoms with van der Waals surface area (Å²) in [5.74, 6) is -0.410. The molecule has 0 aliphatic heterocycles. The molecule has 2 N–H and O–H groups in total. The number of pyridine rings is 1. The highest BCUT2D eigenvalue weighted by atomic mass is 19.1. The van der Waals surface area contributed by atoms with E-state index < -0.39 is 11.9 Å². The second-order valence-electron chi connectivity index (χ2n) is 5.04. The molecule has 0 amide bonds. The van der Waals surface area contributed by atoms with Gasteiger partial charge in [0.1, 0.15) is 5.82 Å². The largest absolute Gasteiger partial charge is 0.452 e. The van der Waals surface area contributed by atoms with E-state index in [0.29, 0.717) is 16.6 Å². The molecule has 6 nitrogen and oxygen atoms in total. The molecule has 0 aliphatic carbocycles. The van der Waals surface area contributed by atoms with Crippen LogP contribution in [0.2, 0.25) is 0 Å². The third-order valence-electron chi connectivity index (χ3n) is 3.58. The highest BCUT2D eigenvalue weighted by Gasteiger charge is 2.16. The number of carbonyl (C=O) groups excluding carboxylic acids is 1. The van der Waals surface area contributed by atoms with Crippen molar-refractivity contribution in [2.75, 3.05) is 12.8 Å². The Morgan fingerprint density at radius 3 is 2.83 bits per heavy atom. The van der Waals surface area contributed by atoms with Gasteiger partial charge in [-0.2, -0.15) is 0 Å². The fourth-order valence-corrected chi connectivity index (χ4v) is 2.52. The van der Waals surface area contributed by atoms with Crippen LogP contribution in [0.5, 0.6) is 0 Å². The lowest BCUT2D eigenvalue weighted by Crippen LogP contribution is -2.24. The molecule has 0 spiro atoms. The highest BCUT2D eigenvalue weighted by molar-refractivity contribution is 5.90. The number of halogens is 1. The molecule has 0 radical (unpaired) electrons. The Kier molecular flexibility index (Phi) is 3.61. The van der Waals surface area contributed by atoms with Crippen LogP contribution in [0.1, 0.15) is 5.69 Å². The lowest BCUT2D eigenvalue weighted by molar-refractivity contribution is 0.173. The van der Waals surface area contributed by atoms with Crippen LogP contribution in [0.25, 0.3) is 10.9 Å². The first-order valence-electron chi connectivity index (χ1n) is 6.84. The van der Waals surface area contributed by atoms with E-state index >= 15 is 0 Å². The zero-order valence-corrected chi connectivity index (χ0v) is 12.3. The summed E-state index contributed by atoms with van der Waals surface area (Å²) in [7, 11) is 1.26. The molecule has 118 valence electrons. The number of fused-ring (bicyclic) bond motifs is 1. The van der Waals surface area contributed by atoms with Gasteiger partial charge < -0.3 is 15.0 Å². The Labute approximate surface area is 130 Å². The van der Waals surface area contributed by atoms with Crippen molar-refractivity contribution in [2.24, 2.45) is 0 Å². The minimum absolute atomic E-state index is 0.106. The second-order valence-corrected chi connectivity index (χ2v) is 5.04. The molecular weight excluding hydrogens is 301 g/mol. The van der Waals surface area contributed by atoms with Crippen LogP contribution in [-0.2, 0) is 11.3 Å². The zero-order valence-electron chi connectivity index (χ0n) is 12.3. The summed E-state index contributed by atoms with van der Waals surface area (Å²) >= 11 is 0. The van der Waals surface area contributed by atoms with Gasteiger partial charge >= 0.3 is 6.09 Å². The van der Waals surface area contributed by atoms with E-state index in [1.165, 1.54) is 40.5 Å². The molecule has 1 aromatic carbocycles. The minimum atomic E-state index is -0.612. The van der Waals surface area contributed by atoms with Gasteiger partial charge in [-0.15, -0.1) is 0 Å². The van der Waals surface area contributed by atoms with Gasteiger partial charge in [0.05, 0.1) is 24.9 Å². The summed E-state index contributed by atoms with van der Waals surface area (Å²) in [4.78, 5) is 24.1. The molecule has 2 heterocycles. The summed E-state index contributed by atoms with van der Waals surface area (Å²) in [5.41, 5.74) is 6.36. The summed E-state index contributed by atoms with van der Waals surface area (Å²) in [5, 5.41) is 0.544. The molecule has 0 atom stereocenters. The number of ether oxygens (including phenoxy) is 1. The normalized spacial score (nSPS) is 10.9. The first kappa shape index (κ1) is 14.8. The number of nitrogens with two attached hydrogens (primary N) is 1. The maximum atomic E-state index is 13.4. The first-order chi connectivity index (χ1) is 11.0. The van der Waals surface area contributed by atoms with Gasteiger partial charge in [-0.3, -0.25) is 4.79 Å². The molecule has 0 unspecified atom stereocenters.